The van der Waals surface area contributed by atoms with E-state index in [4.69, 9.17) is 0 Å². The molecule has 0 nitrogen and oxygen atoms in total. The normalized spacial score (nSPS) is 62.5. The summed E-state index contributed by atoms with van der Waals surface area (Å²) in [6.07, 6.45) is 8.93. The van der Waals surface area contributed by atoms with Crippen molar-refractivity contribution in [3.05, 3.63) is 0 Å². The second-order valence-corrected chi connectivity index (χ2v) is 9.23. The van der Waals surface area contributed by atoms with Gasteiger partial charge >= 0.3 is 0 Å². The second kappa shape index (κ2) is 2.41. The van der Waals surface area contributed by atoms with Crippen molar-refractivity contribution in [3.63, 3.8) is 0 Å². The molecular weight excluding hydrogens is 327 g/mol. The number of rotatable bonds is 0. The van der Waals surface area contributed by atoms with Crippen molar-refractivity contribution in [2.45, 2.75) is 46.3 Å². The van der Waals surface area contributed by atoms with Gasteiger partial charge in [-0.2, -0.15) is 0 Å². The topological polar surface area (TPSA) is 0 Å². The van der Waals surface area contributed by atoms with Gasteiger partial charge in [0.15, 0.2) is 0 Å². The molecule has 4 bridgehead atoms. The Labute approximate surface area is 96.1 Å². The minimum atomic E-state index is 0.568. The van der Waals surface area contributed by atoms with Crippen molar-refractivity contribution >= 4 is 38.5 Å². The van der Waals surface area contributed by atoms with E-state index in [2.05, 4.69) is 38.5 Å². The molecular formula is C10H14BrI. The number of alkyl halides is 2. The minimum Gasteiger partial charge on any atom is -0.0853 e. The highest BCUT2D eigenvalue weighted by Gasteiger charge is 2.55. The van der Waals surface area contributed by atoms with Crippen LogP contribution in [0.2, 0.25) is 0 Å². The van der Waals surface area contributed by atoms with Gasteiger partial charge in [-0.15, -0.1) is 0 Å². The predicted octanol–water partition coefficient (Wildman–Crippen LogP) is 3.91. The van der Waals surface area contributed by atoms with Crippen molar-refractivity contribution in [1.29, 1.82) is 0 Å². The molecule has 0 N–H and O–H groups in total. The Balaban J connectivity index is 1.98. The first-order chi connectivity index (χ1) is 5.57. The Hall–Kier alpha value is 1.21. The molecule has 0 aliphatic heterocycles. The molecule has 68 valence electrons. The fourth-order valence-electron chi connectivity index (χ4n) is 4.04. The van der Waals surface area contributed by atoms with Gasteiger partial charge in [-0.3, -0.25) is 0 Å². The number of hydrogen-bond donors (Lipinski definition) is 0. The van der Waals surface area contributed by atoms with Gasteiger partial charge in [-0.05, 0) is 50.4 Å². The third kappa shape index (κ3) is 1.20. The molecule has 0 aromatic heterocycles. The van der Waals surface area contributed by atoms with Gasteiger partial charge in [0.2, 0.25) is 0 Å². The van der Waals surface area contributed by atoms with Crippen LogP contribution < -0.4 is 0 Å². The van der Waals surface area contributed by atoms with E-state index in [1.54, 1.807) is 0 Å². The van der Waals surface area contributed by atoms with E-state index in [1.165, 1.54) is 38.5 Å². The smallest absolute Gasteiger partial charge is 0.0276 e. The first-order valence-electron chi connectivity index (χ1n) is 4.95. The lowest BCUT2D eigenvalue weighted by Gasteiger charge is -2.58. The highest BCUT2D eigenvalue weighted by molar-refractivity contribution is 14.1. The highest BCUT2D eigenvalue weighted by Crippen LogP contribution is 2.63. The maximum Gasteiger partial charge on any atom is 0.0276 e. The number of halogens is 2. The van der Waals surface area contributed by atoms with Gasteiger partial charge in [-0.1, -0.05) is 38.5 Å². The van der Waals surface area contributed by atoms with Crippen LogP contribution in [0.4, 0.5) is 0 Å². The summed E-state index contributed by atoms with van der Waals surface area (Å²) in [5, 5.41) is 0. The summed E-state index contributed by atoms with van der Waals surface area (Å²) < 4.78 is 1.25. The van der Waals surface area contributed by atoms with Crippen LogP contribution >= 0.6 is 38.5 Å². The van der Waals surface area contributed by atoms with Gasteiger partial charge in [0.05, 0.1) is 0 Å². The predicted molar refractivity (Wildman–Crippen MR) is 63.1 cm³/mol. The first-order valence-corrected chi connectivity index (χ1v) is 6.82. The molecule has 12 heavy (non-hydrogen) atoms. The molecule has 2 heteroatoms. The standard InChI is InChI=1S/C10H14BrI/c11-9-2-7-1-8(3-9)5-10(12,4-7)6-9/h7-8H,1-6H2. The first kappa shape index (κ1) is 8.51. The lowest BCUT2D eigenvalue weighted by Crippen LogP contribution is -2.53. The summed E-state index contributed by atoms with van der Waals surface area (Å²) in [6, 6.07) is 0. The molecule has 4 saturated carbocycles. The maximum absolute atomic E-state index is 3.99. The molecule has 0 aromatic carbocycles. The van der Waals surface area contributed by atoms with E-state index in [0.29, 0.717) is 7.75 Å². The van der Waals surface area contributed by atoms with Crippen molar-refractivity contribution in [2.75, 3.05) is 0 Å². The average molecular weight is 341 g/mol. The molecule has 0 amide bonds. The van der Waals surface area contributed by atoms with Crippen LogP contribution in [0.15, 0.2) is 0 Å². The zero-order chi connectivity index (χ0) is 8.40. The molecule has 4 aliphatic carbocycles. The molecule has 0 saturated heterocycles. The van der Waals surface area contributed by atoms with E-state index in [9.17, 15) is 0 Å². The van der Waals surface area contributed by atoms with E-state index in [1.807, 2.05) is 0 Å². The summed E-state index contributed by atoms with van der Waals surface area (Å²) in [4.78, 5) is 0. The third-order valence-corrected chi connectivity index (χ3v) is 6.11. The maximum atomic E-state index is 3.99. The molecule has 0 heterocycles. The third-order valence-electron chi connectivity index (χ3n) is 3.92. The van der Waals surface area contributed by atoms with Gasteiger partial charge in [0.1, 0.15) is 0 Å². The van der Waals surface area contributed by atoms with Gasteiger partial charge < -0.3 is 0 Å². The van der Waals surface area contributed by atoms with Crippen LogP contribution in [0.3, 0.4) is 0 Å². The van der Waals surface area contributed by atoms with Crippen LogP contribution in [0.5, 0.6) is 0 Å². The molecule has 0 radical (unpaired) electrons. The van der Waals surface area contributed by atoms with E-state index >= 15 is 0 Å². The van der Waals surface area contributed by atoms with Gasteiger partial charge in [0, 0.05) is 7.75 Å². The summed E-state index contributed by atoms with van der Waals surface area (Å²) in [5.74, 6) is 2.12. The summed E-state index contributed by atoms with van der Waals surface area (Å²) >= 11 is 6.73. The lowest BCUT2D eigenvalue weighted by atomic mass is 9.56. The quantitative estimate of drug-likeness (QED) is 0.463. The zero-order valence-electron chi connectivity index (χ0n) is 7.15. The van der Waals surface area contributed by atoms with Crippen LogP contribution in [0, 0.1) is 11.8 Å². The molecule has 2 unspecified atom stereocenters. The fraction of sp³-hybridized carbons (Fsp3) is 1.00. The van der Waals surface area contributed by atoms with Crippen molar-refractivity contribution < 1.29 is 0 Å². The van der Waals surface area contributed by atoms with E-state index < -0.39 is 0 Å². The zero-order valence-corrected chi connectivity index (χ0v) is 10.9. The average Bonchev–Trinajstić information content (AvgIpc) is 1.75. The monoisotopic (exact) mass is 340 g/mol. The Bertz CT molecular complexity index is 192. The van der Waals surface area contributed by atoms with Gasteiger partial charge in [-0.25, -0.2) is 0 Å². The molecule has 4 fully saturated rings. The number of hydrogen-bond acceptors (Lipinski definition) is 0. The highest BCUT2D eigenvalue weighted by atomic mass is 127. The second-order valence-electron chi connectivity index (χ2n) is 5.26. The largest absolute Gasteiger partial charge is 0.0853 e. The van der Waals surface area contributed by atoms with E-state index in [-0.39, 0.29) is 0 Å². The van der Waals surface area contributed by atoms with Crippen LogP contribution in [-0.2, 0) is 0 Å². The Morgan fingerprint density at radius 3 is 2.08 bits per heavy atom. The van der Waals surface area contributed by atoms with Crippen molar-refractivity contribution in [2.24, 2.45) is 11.8 Å². The summed E-state index contributed by atoms with van der Waals surface area (Å²) in [5.41, 5.74) is 0. The lowest BCUT2D eigenvalue weighted by molar-refractivity contribution is 0.0683. The molecule has 0 spiro atoms. The molecule has 4 rings (SSSR count). The van der Waals surface area contributed by atoms with Crippen molar-refractivity contribution in [1.82, 2.24) is 0 Å². The molecule has 2 atom stereocenters. The fourth-order valence-corrected chi connectivity index (χ4v) is 7.99. The van der Waals surface area contributed by atoms with E-state index in [0.717, 1.165) is 11.8 Å². The summed E-state index contributed by atoms with van der Waals surface area (Å²) in [7, 11) is 0. The molecule has 0 aromatic rings. The Morgan fingerprint density at radius 1 is 1.08 bits per heavy atom. The Kier molecular flexibility index (Phi) is 1.71. The SMILES string of the molecule is BrC12CC3CC(C1)CC(I)(C3)C2. The molecule has 4 aliphatic rings. The summed E-state index contributed by atoms with van der Waals surface area (Å²) in [6.45, 7) is 0. The Morgan fingerprint density at radius 2 is 1.67 bits per heavy atom. The van der Waals surface area contributed by atoms with Crippen molar-refractivity contribution in [3.8, 4) is 0 Å². The van der Waals surface area contributed by atoms with Crippen LogP contribution in [0.25, 0.3) is 0 Å². The van der Waals surface area contributed by atoms with Crippen LogP contribution in [-0.4, -0.2) is 7.75 Å². The van der Waals surface area contributed by atoms with Crippen LogP contribution in [0.1, 0.15) is 38.5 Å². The minimum absolute atomic E-state index is 0.568. The van der Waals surface area contributed by atoms with Gasteiger partial charge in [0.25, 0.3) is 0 Å².